The number of thiophene rings is 1. The predicted molar refractivity (Wildman–Crippen MR) is 143 cm³/mol. The third-order valence-electron chi connectivity index (χ3n) is 5.82. The van der Waals surface area contributed by atoms with Crippen molar-refractivity contribution >= 4 is 44.7 Å². The third kappa shape index (κ3) is 4.12. The zero-order valence-corrected chi connectivity index (χ0v) is 20.4. The second-order valence-corrected chi connectivity index (χ2v) is 9.53. The molecule has 0 fully saturated rings. The van der Waals surface area contributed by atoms with Gasteiger partial charge in [0.1, 0.15) is 5.69 Å². The molecule has 3 N–H and O–H groups in total. The summed E-state index contributed by atoms with van der Waals surface area (Å²) in [7, 11) is 3.70. The fraction of sp³-hybridized carbons (Fsp3) is 0.115. The van der Waals surface area contributed by atoms with Gasteiger partial charge in [-0.25, -0.2) is 0 Å². The number of H-pyrrole nitrogens is 2. The van der Waals surface area contributed by atoms with Gasteiger partial charge in [-0.1, -0.05) is 0 Å². The van der Waals surface area contributed by atoms with Crippen molar-refractivity contribution in [2.75, 3.05) is 26.0 Å². The highest BCUT2D eigenvalue weighted by molar-refractivity contribution is 7.08. The number of rotatable bonds is 6. The molecule has 1 amide bonds. The number of hydrogen-bond acceptors (Lipinski definition) is 7. The Morgan fingerprint density at radius 1 is 1.00 bits per heavy atom. The first-order valence-electron chi connectivity index (χ1n) is 11.3. The highest BCUT2D eigenvalue weighted by atomic mass is 32.1. The van der Waals surface area contributed by atoms with E-state index in [4.69, 9.17) is 0 Å². The number of aromatic nitrogens is 6. The number of nitrogens with zero attached hydrogens (tertiary/aromatic N) is 5. The van der Waals surface area contributed by atoms with Gasteiger partial charge in [0.15, 0.2) is 0 Å². The molecule has 36 heavy (non-hydrogen) atoms. The van der Waals surface area contributed by atoms with Gasteiger partial charge in [-0.3, -0.25) is 24.8 Å². The Kier molecular flexibility index (Phi) is 5.51. The van der Waals surface area contributed by atoms with Crippen LogP contribution >= 0.6 is 11.3 Å². The summed E-state index contributed by atoms with van der Waals surface area (Å²) < 4.78 is 0. The molecule has 6 aromatic heterocycles. The van der Waals surface area contributed by atoms with Crippen molar-refractivity contribution < 1.29 is 4.79 Å². The van der Waals surface area contributed by atoms with Gasteiger partial charge in [-0.2, -0.15) is 16.4 Å². The number of fused-ring (bicyclic) bond motifs is 2. The molecule has 0 aliphatic rings. The highest BCUT2D eigenvalue weighted by Crippen LogP contribution is 2.34. The third-order valence-corrected chi connectivity index (χ3v) is 6.51. The van der Waals surface area contributed by atoms with Crippen LogP contribution in [0.3, 0.4) is 0 Å². The lowest BCUT2D eigenvalue weighted by Crippen LogP contribution is -2.27. The quantitative estimate of drug-likeness (QED) is 0.307. The molecule has 0 saturated heterocycles. The first kappa shape index (κ1) is 22.1. The van der Waals surface area contributed by atoms with Crippen LogP contribution in [0.4, 0.5) is 5.69 Å². The Morgan fingerprint density at radius 3 is 2.72 bits per heavy atom. The van der Waals surface area contributed by atoms with Gasteiger partial charge < -0.3 is 15.2 Å². The van der Waals surface area contributed by atoms with E-state index in [1.807, 2.05) is 43.4 Å². The Morgan fingerprint density at radius 2 is 1.89 bits per heavy atom. The minimum atomic E-state index is -0.102. The number of anilines is 1. The number of carbonyl (C=O) groups is 1. The predicted octanol–water partition coefficient (Wildman–Crippen LogP) is 4.79. The molecule has 0 atom stereocenters. The van der Waals surface area contributed by atoms with Gasteiger partial charge in [-0.15, -0.1) is 0 Å². The molecule has 0 aromatic carbocycles. The van der Waals surface area contributed by atoms with Gasteiger partial charge >= 0.3 is 0 Å². The minimum Gasteiger partial charge on any atom is -0.353 e. The molecule has 6 aromatic rings. The molecule has 0 spiro atoms. The van der Waals surface area contributed by atoms with E-state index in [1.165, 1.54) is 0 Å². The number of pyridine rings is 3. The maximum Gasteiger partial charge on any atom is 0.238 e. The summed E-state index contributed by atoms with van der Waals surface area (Å²) in [5.41, 5.74) is 7.70. The number of carbonyl (C=O) groups excluding carboxylic acids is 1. The first-order valence-corrected chi connectivity index (χ1v) is 12.2. The molecule has 6 heterocycles. The Hall–Kier alpha value is -4.41. The molecule has 178 valence electrons. The monoisotopic (exact) mass is 494 g/mol. The smallest absolute Gasteiger partial charge is 0.238 e. The largest absolute Gasteiger partial charge is 0.353 e. The summed E-state index contributed by atoms with van der Waals surface area (Å²) in [6.45, 7) is 0.293. The van der Waals surface area contributed by atoms with E-state index in [2.05, 4.69) is 58.3 Å². The molecule has 9 nitrogen and oxygen atoms in total. The van der Waals surface area contributed by atoms with Crippen molar-refractivity contribution in [2.24, 2.45) is 0 Å². The zero-order valence-electron chi connectivity index (χ0n) is 19.6. The van der Waals surface area contributed by atoms with E-state index in [9.17, 15) is 4.79 Å². The summed E-state index contributed by atoms with van der Waals surface area (Å²) in [6.07, 6.45) is 6.94. The Balaban J connectivity index is 1.38. The lowest BCUT2D eigenvalue weighted by Gasteiger charge is -2.10. The highest BCUT2D eigenvalue weighted by Gasteiger charge is 2.16. The van der Waals surface area contributed by atoms with Crippen LogP contribution in [0, 0.1) is 0 Å². The van der Waals surface area contributed by atoms with E-state index in [-0.39, 0.29) is 5.91 Å². The zero-order chi connectivity index (χ0) is 24.6. The second-order valence-electron chi connectivity index (χ2n) is 8.75. The van der Waals surface area contributed by atoms with Crippen LogP contribution in [0.2, 0.25) is 0 Å². The fourth-order valence-corrected chi connectivity index (χ4v) is 4.87. The number of aromatic amines is 2. The summed E-state index contributed by atoms with van der Waals surface area (Å²) in [6, 6.07) is 9.99. The van der Waals surface area contributed by atoms with Crippen LogP contribution in [0.1, 0.15) is 0 Å². The molecule has 10 heteroatoms. The molecule has 6 rings (SSSR count). The fourth-order valence-electron chi connectivity index (χ4n) is 4.23. The normalized spacial score (nSPS) is 11.5. The van der Waals surface area contributed by atoms with Crippen LogP contribution in [-0.2, 0) is 4.79 Å². The summed E-state index contributed by atoms with van der Waals surface area (Å²) in [5.74, 6) is -0.102. The lowest BCUT2D eigenvalue weighted by atomic mass is 10.1. The van der Waals surface area contributed by atoms with E-state index in [0.29, 0.717) is 12.2 Å². The summed E-state index contributed by atoms with van der Waals surface area (Å²) in [4.78, 5) is 31.0. The molecular weight excluding hydrogens is 472 g/mol. The van der Waals surface area contributed by atoms with Crippen molar-refractivity contribution in [1.82, 2.24) is 35.0 Å². The lowest BCUT2D eigenvalue weighted by molar-refractivity contribution is -0.116. The van der Waals surface area contributed by atoms with Crippen molar-refractivity contribution in [1.29, 1.82) is 0 Å². The average Bonchev–Trinajstić information content (AvgIpc) is 3.62. The minimum absolute atomic E-state index is 0.102. The number of amides is 1. The standard InChI is InChI=1S/C26H22N8OS/c1-34(2)13-24(35)30-17-7-16(10-27-11-17)21-8-19-23(12-29-21)32-33-26(19)22-9-18-20(31-22)3-5-28-25(18)15-4-6-36-14-15/h3-12,14,31H,13H2,1-2H3,(H,30,35)(H,32,33). The van der Waals surface area contributed by atoms with Crippen LogP contribution < -0.4 is 5.32 Å². The maximum absolute atomic E-state index is 12.2. The van der Waals surface area contributed by atoms with Crippen LogP contribution in [-0.4, -0.2) is 61.6 Å². The van der Waals surface area contributed by atoms with Gasteiger partial charge in [0.25, 0.3) is 0 Å². The van der Waals surface area contributed by atoms with E-state index < -0.39 is 0 Å². The van der Waals surface area contributed by atoms with Crippen LogP contribution in [0.5, 0.6) is 0 Å². The van der Waals surface area contributed by atoms with Crippen molar-refractivity contribution in [2.45, 2.75) is 0 Å². The first-order chi connectivity index (χ1) is 17.5. The molecular formula is C26H22N8OS. The molecule has 0 aliphatic heterocycles. The molecule has 0 aliphatic carbocycles. The Labute approximate surface area is 210 Å². The SMILES string of the molecule is CN(C)CC(=O)Nc1cncc(-c2cc3c(-c4cc5c(-c6ccsc6)nccc5[nH]4)n[nH]c3cn2)c1. The van der Waals surface area contributed by atoms with Crippen molar-refractivity contribution in [3.8, 4) is 33.9 Å². The Bertz CT molecular complexity index is 1700. The average molecular weight is 495 g/mol. The van der Waals surface area contributed by atoms with Crippen LogP contribution in [0.25, 0.3) is 55.7 Å². The van der Waals surface area contributed by atoms with E-state index in [0.717, 1.165) is 55.7 Å². The topological polar surface area (TPSA) is 115 Å². The molecule has 0 unspecified atom stereocenters. The molecule has 0 bridgehead atoms. The van der Waals surface area contributed by atoms with Crippen molar-refractivity contribution in [3.63, 3.8) is 0 Å². The van der Waals surface area contributed by atoms with E-state index in [1.54, 1.807) is 29.9 Å². The van der Waals surface area contributed by atoms with Gasteiger partial charge in [0.05, 0.1) is 47.2 Å². The van der Waals surface area contributed by atoms with Gasteiger partial charge in [-0.05, 0) is 49.8 Å². The van der Waals surface area contributed by atoms with Crippen molar-refractivity contribution in [3.05, 3.63) is 65.9 Å². The van der Waals surface area contributed by atoms with Gasteiger partial charge in [0.2, 0.25) is 5.91 Å². The summed E-state index contributed by atoms with van der Waals surface area (Å²) in [5, 5.41) is 16.7. The second kappa shape index (κ2) is 8.99. The van der Waals surface area contributed by atoms with Gasteiger partial charge in [0, 0.05) is 45.2 Å². The van der Waals surface area contributed by atoms with E-state index >= 15 is 0 Å². The maximum atomic E-state index is 12.2. The number of likely N-dealkylation sites (N-methyl/N-ethyl adjacent to an activating group) is 1. The summed E-state index contributed by atoms with van der Waals surface area (Å²) >= 11 is 1.65. The van der Waals surface area contributed by atoms with Crippen LogP contribution in [0.15, 0.2) is 65.9 Å². The molecule has 0 radical (unpaired) electrons. The molecule has 0 saturated carbocycles. The number of hydrogen-bond donors (Lipinski definition) is 3. The number of nitrogens with one attached hydrogen (secondary N) is 3.